The van der Waals surface area contributed by atoms with Gasteiger partial charge in [-0.25, -0.2) is 14.8 Å². The Hall–Kier alpha value is -4.42. The summed E-state index contributed by atoms with van der Waals surface area (Å²) in [7, 11) is 0. The summed E-state index contributed by atoms with van der Waals surface area (Å²) in [5.74, 6) is 2.11. The number of urea groups is 1. The third-order valence-corrected chi connectivity index (χ3v) is 10.9. The van der Waals surface area contributed by atoms with E-state index < -0.39 is 0 Å². The average molecular weight is 709 g/mol. The number of ether oxygens (including phenoxy) is 2. The molecule has 2 atom stereocenters. The molecule has 4 heterocycles. The normalized spacial score (nSPS) is 20.4. The lowest BCUT2D eigenvalue weighted by atomic mass is 9.85. The SMILES string of the molecule is CC(C)(C)c1cc(NC(=O)N[C@H]2CC[C@@H](Oc3ccc4nnc(C5(C)CCCC5)n4c3)c3ccccc32)nc(C(=O)CCCCN2CCOCC2)n1. The number of benzene rings is 1. The molecule has 0 spiro atoms. The summed E-state index contributed by atoms with van der Waals surface area (Å²) in [6.07, 6.45) is 9.94. The minimum atomic E-state index is -0.382. The lowest BCUT2D eigenvalue weighted by molar-refractivity contribution is 0.0371. The Kier molecular flexibility index (Phi) is 10.6. The van der Waals surface area contributed by atoms with E-state index in [2.05, 4.69) is 59.2 Å². The van der Waals surface area contributed by atoms with Crippen LogP contribution in [0.5, 0.6) is 5.75 Å². The second-order valence-electron chi connectivity index (χ2n) is 15.9. The molecule has 1 aliphatic heterocycles. The molecule has 0 bridgehead atoms. The van der Waals surface area contributed by atoms with Gasteiger partial charge in [0.25, 0.3) is 0 Å². The summed E-state index contributed by atoms with van der Waals surface area (Å²) >= 11 is 0. The number of pyridine rings is 1. The van der Waals surface area contributed by atoms with E-state index in [1.54, 1.807) is 6.07 Å². The van der Waals surface area contributed by atoms with Gasteiger partial charge in [0.2, 0.25) is 0 Å². The number of hydrogen-bond acceptors (Lipinski definition) is 9. The van der Waals surface area contributed by atoms with E-state index in [4.69, 9.17) is 9.47 Å². The smallest absolute Gasteiger partial charge is 0.320 e. The van der Waals surface area contributed by atoms with Crippen LogP contribution >= 0.6 is 0 Å². The Bertz CT molecular complexity index is 1890. The molecule has 1 saturated heterocycles. The first-order valence-electron chi connectivity index (χ1n) is 19.0. The maximum Gasteiger partial charge on any atom is 0.320 e. The number of unbranched alkanes of at least 4 members (excludes halogenated alkanes) is 1. The fourth-order valence-electron chi connectivity index (χ4n) is 7.81. The molecule has 2 aliphatic carbocycles. The molecule has 12 nitrogen and oxygen atoms in total. The summed E-state index contributed by atoms with van der Waals surface area (Å²) in [6.45, 7) is 12.7. The number of morpholine rings is 1. The molecular weight excluding hydrogens is 656 g/mol. The number of carbonyl (C=O) groups is 2. The van der Waals surface area contributed by atoms with E-state index in [1.165, 1.54) is 12.8 Å². The van der Waals surface area contributed by atoms with Crippen LogP contribution < -0.4 is 15.4 Å². The lowest BCUT2D eigenvalue weighted by Gasteiger charge is -2.32. The highest BCUT2D eigenvalue weighted by molar-refractivity contribution is 5.94. The molecule has 4 aromatic rings. The first kappa shape index (κ1) is 36.0. The van der Waals surface area contributed by atoms with Crippen molar-refractivity contribution in [3.05, 3.63) is 77.1 Å². The third-order valence-electron chi connectivity index (χ3n) is 10.9. The zero-order valence-electron chi connectivity index (χ0n) is 31.0. The number of rotatable bonds is 11. The van der Waals surface area contributed by atoms with Gasteiger partial charge in [-0.2, -0.15) is 0 Å². The Morgan fingerprint density at radius 3 is 2.52 bits per heavy atom. The van der Waals surface area contributed by atoms with Crippen molar-refractivity contribution in [2.24, 2.45) is 0 Å². The zero-order valence-corrected chi connectivity index (χ0v) is 31.0. The van der Waals surface area contributed by atoms with Crippen molar-refractivity contribution < 1.29 is 19.1 Å². The van der Waals surface area contributed by atoms with Crippen molar-refractivity contribution in [1.82, 2.24) is 34.8 Å². The standard InChI is InChI=1S/C40H52N8O4/c1-39(2,3)33-25-34(43-36(42-33)31(49)13-7-10-20-47-21-23-51-24-22-47)44-38(50)41-30-15-16-32(29-12-6-5-11-28(29)30)52-27-14-17-35-45-46-37(48(35)26-27)40(4)18-8-9-19-40/h5-6,11-12,14,17,25-26,30,32H,7-10,13,15-16,18-24H2,1-4H3,(H2,41,42,43,44,50)/t30-,32+/m0/s1. The van der Waals surface area contributed by atoms with Crippen LogP contribution in [-0.4, -0.2) is 74.1 Å². The molecule has 0 radical (unpaired) electrons. The molecule has 3 aromatic heterocycles. The van der Waals surface area contributed by atoms with Crippen LogP contribution in [0.3, 0.4) is 0 Å². The van der Waals surface area contributed by atoms with Crippen LogP contribution in [0.1, 0.15) is 131 Å². The molecule has 52 heavy (non-hydrogen) atoms. The first-order valence-corrected chi connectivity index (χ1v) is 19.0. The zero-order chi connectivity index (χ0) is 36.3. The number of nitrogens with zero attached hydrogens (tertiary/aromatic N) is 6. The highest BCUT2D eigenvalue weighted by Gasteiger charge is 2.35. The number of nitrogens with one attached hydrogen (secondary N) is 2. The summed E-state index contributed by atoms with van der Waals surface area (Å²) < 4.78 is 14.2. The molecule has 276 valence electrons. The average Bonchev–Trinajstić information content (AvgIpc) is 3.78. The van der Waals surface area contributed by atoms with E-state index in [9.17, 15) is 9.59 Å². The van der Waals surface area contributed by atoms with Crippen LogP contribution in [0.4, 0.5) is 10.6 Å². The third kappa shape index (κ3) is 8.13. The molecule has 1 aromatic carbocycles. The monoisotopic (exact) mass is 708 g/mol. The van der Waals surface area contributed by atoms with Gasteiger partial charge in [0.1, 0.15) is 23.5 Å². The number of ketones is 1. The largest absolute Gasteiger partial charge is 0.484 e. The minimum Gasteiger partial charge on any atom is -0.484 e. The van der Waals surface area contributed by atoms with Crippen LogP contribution in [0.15, 0.2) is 48.7 Å². The number of hydrogen-bond donors (Lipinski definition) is 2. The highest BCUT2D eigenvalue weighted by atomic mass is 16.5. The predicted molar refractivity (Wildman–Crippen MR) is 199 cm³/mol. The quantitative estimate of drug-likeness (QED) is 0.123. The van der Waals surface area contributed by atoms with Gasteiger partial charge in [0.05, 0.1) is 31.1 Å². The van der Waals surface area contributed by atoms with E-state index in [0.29, 0.717) is 24.4 Å². The number of amides is 2. The number of Topliss-reactive ketones (excluding diaryl/α,β-unsaturated/α-hetero) is 1. The van der Waals surface area contributed by atoms with Gasteiger partial charge < -0.3 is 14.8 Å². The number of fused-ring (bicyclic) bond motifs is 2. The lowest BCUT2D eigenvalue weighted by Crippen LogP contribution is -2.36. The molecule has 1 saturated carbocycles. The second-order valence-corrected chi connectivity index (χ2v) is 15.9. The second kappa shape index (κ2) is 15.3. The van der Waals surface area contributed by atoms with E-state index in [1.807, 2.05) is 51.2 Å². The van der Waals surface area contributed by atoms with Crippen LogP contribution in [0, 0.1) is 0 Å². The van der Waals surface area contributed by atoms with Gasteiger partial charge >= 0.3 is 6.03 Å². The van der Waals surface area contributed by atoms with Crippen LogP contribution in [-0.2, 0) is 15.6 Å². The fourth-order valence-corrected chi connectivity index (χ4v) is 7.81. The topological polar surface area (TPSA) is 136 Å². The molecule has 2 N–H and O–H groups in total. The number of anilines is 1. The van der Waals surface area contributed by atoms with Crippen LogP contribution in [0.25, 0.3) is 5.65 Å². The summed E-state index contributed by atoms with van der Waals surface area (Å²) in [6, 6.07) is 13.2. The van der Waals surface area contributed by atoms with Gasteiger partial charge in [-0.15, -0.1) is 10.2 Å². The summed E-state index contributed by atoms with van der Waals surface area (Å²) in [5.41, 5.74) is 3.27. The number of aromatic nitrogens is 5. The van der Waals surface area contributed by atoms with E-state index in [-0.39, 0.29) is 40.6 Å². The maximum absolute atomic E-state index is 13.5. The van der Waals surface area contributed by atoms with Crippen molar-refractivity contribution in [1.29, 1.82) is 0 Å². The Balaban J connectivity index is 1.01. The van der Waals surface area contributed by atoms with E-state index in [0.717, 1.165) is 93.3 Å². The molecule has 2 fully saturated rings. The van der Waals surface area contributed by atoms with Crippen molar-refractivity contribution in [2.45, 2.75) is 108 Å². The molecule has 3 aliphatic rings. The Morgan fingerprint density at radius 1 is 0.981 bits per heavy atom. The van der Waals surface area contributed by atoms with Gasteiger partial charge in [0, 0.05) is 36.4 Å². The summed E-state index contributed by atoms with van der Waals surface area (Å²) in [5, 5.41) is 15.1. The van der Waals surface area contributed by atoms with Gasteiger partial charge in [-0.05, 0) is 68.3 Å². The molecule has 2 amide bonds. The van der Waals surface area contributed by atoms with E-state index >= 15 is 0 Å². The van der Waals surface area contributed by atoms with Gasteiger partial charge in [0.15, 0.2) is 17.3 Å². The van der Waals surface area contributed by atoms with Crippen molar-refractivity contribution in [3.8, 4) is 5.75 Å². The van der Waals surface area contributed by atoms with Gasteiger partial charge in [-0.1, -0.05) is 64.8 Å². The molecular formula is C40H52N8O4. The minimum absolute atomic E-state index is 0.0231. The van der Waals surface area contributed by atoms with Crippen LogP contribution in [0.2, 0.25) is 0 Å². The highest BCUT2D eigenvalue weighted by Crippen LogP contribution is 2.41. The molecule has 7 rings (SSSR count). The number of carbonyl (C=O) groups excluding carboxylic acids is 2. The summed E-state index contributed by atoms with van der Waals surface area (Å²) in [4.78, 5) is 38.3. The maximum atomic E-state index is 13.5. The Morgan fingerprint density at radius 2 is 1.75 bits per heavy atom. The van der Waals surface area contributed by atoms with Gasteiger partial charge in [-0.3, -0.25) is 19.4 Å². The molecule has 0 unspecified atom stereocenters. The first-order chi connectivity index (χ1) is 25.1. The fraction of sp³-hybridized carbons (Fsp3) is 0.550. The van der Waals surface area contributed by atoms with Crippen molar-refractivity contribution in [2.75, 3.05) is 38.2 Å². The molecule has 12 heteroatoms. The predicted octanol–water partition coefficient (Wildman–Crippen LogP) is 7.11. The van der Waals surface area contributed by atoms with Crippen molar-refractivity contribution in [3.63, 3.8) is 0 Å². The Labute approximate surface area is 306 Å². The van der Waals surface area contributed by atoms with Crippen molar-refractivity contribution >= 4 is 23.3 Å².